The molecule has 0 aliphatic carbocycles. The van der Waals surface area contributed by atoms with Crippen LogP contribution in [0.1, 0.15) is 105 Å². The second-order valence-electron chi connectivity index (χ2n) is 16.3. The summed E-state index contributed by atoms with van der Waals surface area (Å²) < 4.78 is 0. The molecular weight excluding hydrogens is 543 g/mol. The van der Waals surface area contributed by atoms with Crippen LogP contribution in [0.5, 0.6) is 0 Å². The van der Waals surface area contributed by atoms with Gasteiger partial charge in [0, 0.05) is 0 Å². The molecule has 0 bridgehead atoms. The van der Waals surface area contributed by atoms with Crippen molar-refractivity contribution in [1.82, 2.24) is 0 Å². The van der Waals surface area contributed by atoms with Crippen molar-refractivity contribution in [3.63, 3.8) is 0 Å². The van der Waals surface area contributed by atoms with E-state index in [-0.39, 0.29) is 21.7 Å². The third kappa shape index (κ3) is 6.00. The average Bonchev–Trinajstić information content (AvgIpc) is 2.91. The Morgan fingerprint density at radius 3 is 1.07 bits per heavy atom. The van der Waals surface area contributed by atoms with Crippen LogP contribution in [0.25, 0.3) is 11.1 Å². The molecule has 43 heavy (non-hydrogen) atoms. The number of rotatable bonds is 4. The van der Waals surface area contributed by atoms with E-state index in [2.05, 4.69) is 138 Å². The monoisotopic (exact) mass is 596 g/mol. The SMILES string of the molecule is CC(C)(C)c1cccc(C(C)(C)C)c1P(O)(O)(c1cccc(-c2ccccc2)c1)c1c(C(C)(C)C)cccc1C(C)(C)C. The summed E-state index contributed by atoms with van der Waals surface area (Å²) in [6.07, 6.45) is 0. The van der Waals surface area contributed by atoms with Crippen molar-refractivity contribution in [3.05, 3.63) is 113 Å². The van der Waals surface area contributed by atoms with Crippen LogP contribution in [0.3, 0.4) is 0 Å². The van der Waals surface area contributed by atoms with Gasteiger partial charge in [0.25, 0.3) is 0 Å². The van der Waals surface area contributed by atoms with Crippen molar-refractivity contribution in [2.24, 2.45) is 0 Å². The van der Waals surface area contributed by atoms with Gasteiger partial charge < -0.3 is 0 Å². The molecular formula is C40H53O2P. The molecule has 0 saturated heterocycles. The van der Waals surface area contributed by atoms with Crippen LogP contribution in [0.4, 0.5) is 0 Å². The molecule has 2 nitrogen and oxygen atoms in total. The first-order valence-corrected chi connectivity index (χ1v) is 17.7. The quantitative estimate of drug-likeness (QED) is 0.231. The van der Waals surface area contributed by atoms with Crippen LogP contribution in [-0.4, -0.2) is 9.79 Å². The van der Waals surface area contributed by atoms with Crippen LogP contribution in [0.2, 0.25) is 0 Å². The van der Waals surface area contributed by atoms with Crippen LogP contribution in [0, 0.1) is 0 Å². The molecule has 0 atom stereocenters. The number of hydrogen-bond donors (Lipinski definition) is 2. The molecule has 0 aliphatic heterocycles. The van der Waals surface area contributed by atoms with Gasteiger partial charge in [-0.15, -0.1) is 0 Å². The molecule has 0 aliphatic rings. The van der Waals surface area contributed by atoms with Crippen molar-refractivity contribution in [3.8, 4) is 11.1 Å². The summed E-state index contributed by atoms with van der Waals surface area (Å²) in [5.41, 5.74) is 4.50. The van der Waals surface area contributed by atoms with Crippen molar-refractivity contribution < 1.29 is 9.79 Å². The van der Waals surface area contributed by atoms with Gasteiger partial charge in [0.2, 0.25) is 0 Å². The van der Waals surface area contributed by atoms with E-state index in [9.17, 15) is 9.79 Å². The Bertz CT molecular complexity index is 1470. The summed E-state index contributed by atoms with van der Waals surface area (Å²) in [7, 11) is -5.20. The maximum absolute atomic E-state index is 14.2. The van der Waals surface area contributed by atoms with Crippen LogP contribution in [0.15, 0.2) is 91.0 Å². The molecule has 0 heterocycles. The molecule has 0 fully saturated rings. The molecule has 230 valence electrons. The summed E-state index contributed by atoms with van der Waals surface area (Å²) in [4.78, 5) is 28.4. The predicted molar refractivity (Wildman–Crippen MR) is 190 cm³/mol. The van der Waals surface area contributed by atoms with Crippen LogP contribution >= 0.6 is 7.06 Å². The third-order valence-corrected chi connectivity index (χ3v) is 12.5. The molecule has 4 aromatic carbocycles. The average molecular weight is 597 g/mol. The molecule has 2 N–H and O–H groups in total. The molecule has 0 spiro atoms. The first-order chi connectivity index (χ1) is 19.6. The van der Waals surface area contributed by atoms with E-state index in [1.165, 1.54) is 0 Å². The van der Waals surface area contributed by atoms with Crippen molar-refractivity contribution in [2.75, 3.05) is 0 Å². The number of hydrogen-bond acceptors (Lipinski definition) is 2. The first-order valence-electron chi connectivity index (χ1n) is 15.5. The van der Waals surface area contributed by atoms with Crippen LogP contribution < -0.4 is 15.9 Å². The van der Waals surface area contributed by atoms with Gasteiger partial charge in [-0.1, -0.05) is 0 Å². The zero-order chi connectivity index (χ0) is 32.2. The van der Waals surface area contributed by atoms with Gasteiger partial charge in [0.1, 0.15) is 0 Å². The van der Waals surface area contributed by atoms with E-state index >= 15 is 0 Å². The normalized spacial score (nSPS) is 14.3. The Morgan fingerprint density at radius 2 is 0.721 bits per heavy atom. The molecule has 4 aromatic rings. The second-order valence-corrected chi connectivity index (χ2v) is 19.8. The molecule has 0 saturated carbocycles. The molecule has 0 amide bonds. The summed E-state index contributed by atoms with van der Waals surface area (Å²) in [5, 5.41) is 1.93. The Labute approximate surface area is 261 Å². The van der Waals surface area contributed by atoms with Gasteiger partial charge >= 0.3 is 262 Å². The molecule has 0 unspecified atom stereocenters. The van der Waals surface area contributed by atoms with Gasteiger partial charge in [-0.2, -0.15) is 0 Å². The van der Waals surface area contributed by atoms with Gasteiger partial charge in [0.05, 0.1) is 0 Å². The molecule has 0 radical (unpaired) electrons. The van der Waals surface area contributed by atoms with E-state index in [1.807, 2.05) is 36.4 Å². The summed E-state index contributed by atoms with van der Waals surface area (Å²) in [5.74, 6) is 0. The fraction of sp³-hybridized carbons (Fsp3) is 0.400. The molecule has 0 aromatic heterocycles. The van der Waals surface area contributed by atoms with E-state index < -0.39 is 7.06 Å². The second kappa shape index (κ2) is 10.7. The van der Waals surface area contributed by atoms with Crippen molar-refractivity contribution in [1.29, 1.82) is 0 Å². The summed E-state index contributed by atoms with van der Waals surface area (Å²) in [6.45, 7) is 26.1. The topological polar surface area (TPSA) is 40.5 Å². The van der Waals surface area contributed by atoms with Gasteiger partial charge in [-0.25, -0.2) is 0 Å². The zero-order valence-electron chi connectivity index (χ0n) is 28.5. The third-order valence-electron chi connectivity index (χ3n) is 8.59. The minimum absolute atomic E-state index is 0.346. The standard InChI is InChI=1S/C40H53O2P/c1-37(2,3)31-23-17-24-32(38(4,5)6)35(31)43(41,42,30-22-16-21-29(27-30)28-19-14-13-15-20-28)36-33(39(7,8)9)25-18-26-34(36)40(10,11)12/h13-27,41-42H,1-12H3. The van der Waals surface area contributed by atoms with E-state index in [0.717, 1.165) is 33.4 Å². The van der Waals surface area contributed by atoms with E-state index in [0.29, 0.717) is 15.9 Å². The van der Waals surface area contributed by atoms with Gasteiger partial charge in [0.15, 0.2) is 0 Å². The summed E-state index contributed by atoms with van der Waals surface area (Å²) >= 11 is 0. The summed E-state index contributed by atoms with van der Waals surface area (Å²) in [6, 6.07) is 30.9. The van der Waals surface area contributed by atoms with Crippen LogP contribution in [-0.2, 0) is 21.7 Å². The number of benzene rings is 4. The zero-order valence-corrected chi connectivity index (χ0v) is 29.4. The fourth-order valence-electron chi connectivity index (χ4n) is 6.37. The first kappa shape index (κ1) is 33.1. The maximum atomic E-state index is 14.2. The molecule has 3 heteroatoms. The predicted octanol–water partition coefficient (Wildman–Crippen LogP) is 9.19. The minimum atomic E-state index is -5.20. The van der Waals surface area contributed by atoms with Gasteiger partial charge in [-0.3, -0.25) is 0 Å². The van der Waals surface area contributed by atoms with Gasteiger partial charge in [-0.05, 0) is 0 Å². The van der Waals surface area contributed by atoms with E-state index in [1.54, 1.807) is 0 Å². The van der Waals surface area contributed by atoms with E-state index in [4.69, 9.17) is 0 Å². The Balaban J connectivity index is 2.40. The Morgan fingerprint density at radius 1 is 0.395 bits per heavy atom. The van der Waals surface area contributed by atoms with Crippen molar-refractivity contribution in [2.45, 2.75) is 105 Å². The fourth-order valence-corrected chi connectivity index (χ4v) is 11.3. The molecule has 4 rings (SSSR count). The van der Waals surface area contributed by atoms with Crippen molar-refractivity contribution >= 4 is 23.0 Å². The Kier molecular flexibility index (Phi) is 8.24. The Hall–Kier alpha value is -2.77.